The van der Waals surface area contributed by atoms with E-state index < -0.39 is 5.92 Å². The maximum Gasteiger partial charge on any atom is 0.242 e. The second kappa shape index (κ2) is 8.95. The molecule has 0 bridgehead atoms. The largest absolute Gasteiger partial charge is 0.336 e. The fourth-order valence-electron chi connectivity index (χ4n) is 4.08. The van der Waals surface area contributed by atoms with Gasteiger partial charge in [0.05, 0.1) is 12.5 Å². The Morgan fingerprint density at radius 2 is 1.37 bits per heavy atom. The van der Waals surface area contributed by atoms with Crippen LogP contribution >= 0.6 is 0 Å². The Morgan fingerprint density at radius 3 is 1.97 bits per heavy atom. The molecule has 152 valence electrons. The first kappa shape index (κ1) is 19.9. The summed E-state index contributed by atoms with van der Waals surface area (Å²) in [6, 6.07) is 27.7. The maximum absolute atomic E-state index is 13.4. The Morgan fingerprint density at radius 1 is 0.833 bits per heavy atom. The monoisotopic (exact) mass is 398 g/mol. The fourth-order valence-corrected chi connectivity index (χ4v) is 4.08. The molecule has 0 N–H and O–H groups in total. The van der Waals surface area contributed by atoms with Crippen LogP contribution in [0.2, 0.25) is 0 Å². The smallest absolute Gasteiger partial charge is 0.242 e. The van der Waals surface area contributed by atoms with Crippen LogP contribution in [0.3, 0.4) is 0 Å². The molecule has 3 aromatic rings. The zero-order chi connectivity index (χ0) is 20.9. The summed E-state index contributed by atoms with van der Waals surface area (Å²) in [5.74, 6) is -0.509. The number of rotatable bonds is 5. The van der Waals surface area contributed by atoms with Gasteiger partial charge in [-0.1, -0.05) is 84.9 Å². The summed E-state index contributed by atoms with van der Waals surface area (Å²) in [6.45, 7) is 1.38. The summed E-state index contributed by atoms with van der Waals surface area (Å²) in [5.41, 5.74) is 4.36. The molecule has 0 saturated heterocycles. The van der Waals surface area contributed by atoms with Crippen LogP contribution in [0, 0.1) is 0 Å². The zero-order valence-electron chi connectivity index (χ0n) is 17.2. The zero-order valence-corrected chi connectivity index (χ0v) is 17.2. The molecule has 1 aliphatic rings. The second-order valence-corrected chi connectivity index (χ2v) is 7.78. The van der Waals surface area contributed by atoms with E-state index in [4.69, 9.17) is 0 Å². The van der Waals surface area contributed by atoms with Crippen molar-refractivity contribution in [2.75, 3.05) is 20.1 Å². The van der Waals surface area contributed by atoms with Gasteiger partial charge in [-0.15, -0.1) is 0 Å². The molecule has 0 fully saturated rings. The summed E-state index contributed by atoms with van der Waals surface area (Å²) in [7, 11) is 1.72. The lowest BCUT2D eigenvalue weighted by molar-refractivity contribution is -0.140. The second-order valence-electron chi connectivity index (χ2n) is 7.78. The van der Waals surface area contributed by atoms with Gasteiger partial charge in [-0.25, -0.2) is 0 Å². The molecule has 3 aromatic carbocycles. The number of amides is 2. The molecule has 0 saturated carbocycles. The molecule has 0 aromatic heterocycles. The number of hydrogen-bond acceptors (Lipinski definition) is 2. The summed E-state index contributed by atoms with van der Waals surface area (Å²) in [4.78, 5) is 29.8. The minimum absolute atomic E-state index is 0.0137. The lowest BCUT2D eigenvalue weighted by Gasteiger charge is -2.31. The molecule has 4 heteroatoms. The van der Waals surface area contributed by atoms with Gasteiger partial charge in [0.15, 0.2) is 0 Å². The van der Waals surface area contributed by atoms with Crippen molar-refractivity contribution < 1.29 is 9.59 Å². The molecular formula is C26H26N2O2. The Balaban J connectivity index is 1.49. The van der Waals surface area contributed by atoms with Crippen LogP contribution in [-0.2, 0) is 22.6 Å². The molecule has 2 amide bonds. The van der Waals surface area contributed by atoms with Gasteiger partial charge in [0, 0.05) is 20.1 Å². The summed E-state index contributed by atoms with van der Waals surface area (Å²) in [5, 5.41) is 0. The first-order chi connectivity index (χ1) is 14.6. The predicted molar refractivity (Wildman–Crippen MR) is 118 cm³/mol. The average Bonchev–Trinajstić information content (AvgIpc) is 2.80. The third-order valence-corrected chi connectivity index (χ3v) is 5.74. The minimum atomic E-state index is -0.424. The van der Waals surface area contributed by atoms with E-state index in [1.165, 1.54) is 11.1 Å². The van der Waals surface area contributed by atoms with Crippen LogP contribution in [-0.4, -0.2) is 41.8 Å². The van der Waals surface area contributed by atoms with Gasteiger partial charge in [-0.2, -0.15) is 0 Å². The predicted octanol–water partition coefficient (Wildman–Crippen LogP) is 3.86. The molecule has 0 aliphatic carbocycles. The van der Waals surface area contributed by atoms with Crippen LogP contribution in [0.25, 0.3) is 0 Å². The molecule has 0 unspecified atom stereocenters. The van der Waals surface area contributed by atoms with Crippen LogP contribution in [0.15, 0.2) is 84.9 Å². The van der Waals surface area contributed by atoms with Crippen molar-refractivity contribution in [3.8, 4) is 0 Å². The van der Waals surface area contributed by atoms with Crippen molar-refractivity contribution >= 4 is 11.8 Å². The molecule has 4 nitrogen and oxygen atoms in total. The van der Waals surface area contributed by atoms with Crippen LogP contribution in [0.4, 0.5) is 0 Å². The lowest BCUT2D eigenvalue weighted by atomic mass is 9.90. The Hall–Kier alpha value is -3.40. The standard InChI is InChI=1S/C26H26N2O2/c1-27(19-24(29)28-17-16-20-10-8-9-15-23(20)18-28)26(30)25(21-11-4-2-5-12-21)22-13-6-3-7-14-22/h2-15,25H,16-19H2,1H3. The van der Waals surface area contributed by atoms with Gasteiger partial charge in [0.2, 0.25) is 11.8 Å². The van der Waals surface area contributed by atoms with Crippen molar-refractivity contribution in [1.29, 1.82) is 0 Å². The number of hydrogen-bond donors (Lipinski definition) is 0. The van der Waals surface area contributed by atoms with E-state index in [0.29, 0.717) is 13.1 Å². The summed E-state index contributed by atoms with van der Waals surface area (Å²) >= 11 is 0. The number of nitrogens with zero attached hydrogens (tertiary/aromatic N) is 2. The summed E-state index contributed by atoms with van der Waals surface area (Å²) in [6.07, 6.45) is 0.857. The Labute approximate surface area is 177 Å². The van der Waals surface area contributed by atoms with Gasteiger partial charge < -0.3 is 9.80 Å². The molecule has 0 radical (unpaired) electrons. The number of carbonyl (C=O) groups excluding carboxylic acids is 2. The first-order valence-corrected chi connectivity index (χ1v) is 10.3. The first-order valence-electron chi connectivity index (χ1n) is 10.3. The minimum Gasteiger partial charge on any atom is -0.336 e. The van der Waals surface area contributed by atoms with E-state index in [1.807, 2.05) is 77.7 Å². The van der Waals surface area contributed by atoms with Gasteiger partial charge in [-0.05, 0) is 28.7 Å². The van der Waals surface area contributed by atoms with E-state index in [0.717, 1.165) is 17.5 Å². The average molecular weight is 399 g/mol. The Bertz CT molecular complexity index is 978. The van der Waals surface area contributed by atoms with Gasteiger partial charge >= 0.3 is 0 Å². The molecule has 4 rings (SSSR count). The van der Waals surface area contributed by atoms with Crippen molar-refractivity contribution in [3.05, 3.63) is 107 Å². The highest BCUT2D eigenvalue weighted by Gasteiger charge is 2.28. The van der Waals surface area contributed by atoms with E-state index >= 15 is 0 Å². The van der Waals surface area contributed by atoms with Gasteiger partial charge in [0.1, 0.15) is 0 Å². The third-order valence-electron chi connectivity index (χ3n) is 5.74. The maximum atomic E-state index is 13.4. The van der Waals surface area contributed by atoms with E-state index in [9.17, 15) is 9.59 Å². The quantitative estimate of drug-likeness (QED) is 0.655. The van der Waals surface area contributed by atoms with Gasteiger partial charge in [0.25, 0.3) is 0 Å². The number of likely N-dealkylation sites (N-methyl/N-ethyl adjacent to an activating group) is 1. The number of benzene rings is 3. The van der Waals surface area contributed by atoms with E-state index in [1.54, 1.807) is 11.9 Å². The fraction of sp³-hybridized carbons (Fsp3) is 0.231. The summed E-state index contributed by atoms with van der Waals surface area (Å²) < 4.78 is 0. The normalized spacial score (nSPS) is 13.1. The Kier molecular flexibility index (Phi) is 5.94. The molecule has 1 heterocycles. The molecule has 30 heavy (non-hydrogen) atoms. The van der Waals surface area contributed by atoms with Crippen molar-refractivity contribution in [2.45, 2.75) is 18.9 Å². The van der Waals surface area contributed by atoms with E-state index in [-0.39, 0.29) is 18.4 Å². The third kappa shape index (κ3) is 4.28. The van der Waals surface area contributed by atoms with E-state index in [2.05, 4.69) is 12.1 Å². The van der Waals surface area contributed by atoms with Crippen molar-refractivity contribution in [2.24, 2.45) is 0 Å². The topological polar surface area (TPSA) is 40.6 Å². The molecule has 0 spiro atoms. The highest BCUT2D eigenvalue weighted by atomic mass is 16.2. The number of fused-ring (bicyclic) bond motifs is 1. The SMILES string of the molecule is CN(CC(=O)N1CCc2ccccc2C1)C(=O)C(c1ccccc1)c1ccccc1. The molecule has 0 atom stereocenters. The molecular weight excluding hydrogens is 372 g/mol. The lowest BCUT2D eigenvalue weighted by Crippen LogP contribution is -2.44. The highest BCUT2D eigenvalue weighted by Crippen LogP contribution is 2.27. The van der Waals surface area contributed by atoms with Crippen LogP contribution in [0.5, 0.6) is 0 Å². The highest BCUT2D eigenvalue weighted by molar-refractivity contribution is 5.90. The van der Waals surface area contributed by atoms with Crippen molar-refractivity contribution in [1.82, 2.24) is 9.80 Å². The van der Waals surface area contributed by atoms with Crippen LogP contribution < -0.4 is 0 Å². The van der Waals surface area contributed by atoms with Gasteiger partial charge in [-0.3, -0.25) is 9.59 Å². The van der Waals surface area contributed by atoms with Crippen LogP contribution in [0.1, 0.15) is 28.2 Å². The van der Waals surface area contributed by atoms with Crippen molar-refractivity contribution in [3.63, 3.8) is 0 Å². The number of carbonyl (C=O) groups is 2. The molecule has 1 aliphatic heterocycles.